The molecule has 0 amide bonds. The molecule has 0 saturated heterocycles. The summed E-state index contributed by atoms with van der Waals surface area (Å²) in [7, 11) is 1.76. The fourth-order valence-electron chi connectivity index (χ4n) is 2.09. The molecule has 3 heteroatoms. The minimum absolute atomic E-state index is 0.113. The van der Waals surface area contributed by atoms with Gasteiger partial charge in [0, 0.05) is 24.9 Å². The normalized spacial score (nSPS) is 13.3. The van der Waals surface area contributed by atoms with Gasteiger partial charge in [0.15, 0.2) is 0 Å². The second kappa shape index (κ2) is 7.53. The average molecular weight is 279 g/mol. The molecule has 0 aliphatic carbocycles. The van der Waals surface area contributed by atoms with Gasteiger partial charge < -0.3 is 14.8 Å². The fourth-order valence-corrected chi connectivity index (χ4v) is 2.09. The molecule has 0 aliphatic heterocycles. The first-order valence-corrected chi connectivity index (χ1v) is 7.37. The molecule has 114 valence electrons. The van der Waals surface area contributed by atoms with Gasteiger partial charge in [-0.3, -0.25) is 0 Å². The van der Waals surface area contributed by atoms with Gasteiger partial charge in [0.05, 0.1) is 12.2 Å². The van der Waals surface area contributed by atoms with Crippen LogP contribution < -0.4 is 10.1 Å². The van der Waals surface area contributed by atoms with E-state index >= 15 is 0 Å². The average Bonchev–Trinajstić information content (AvgIpc) is 2.36. The minimum Gasteiger partial charge on any atom is -0.493 e. The summed E-state index contributed by atoms with van der Waals surface area (Å²) in [5.41, 5.74) is 0.976. The first kappa shape index (κ1) is 16.8. The summed E-state index contributed by atoms with van der Waals surface area (Å²) >= 11 is 0. The SMILES string of the molecule is COC(C)(C)CC(C)Nc1cccc(OCC(C)C)c1. The van der Waals surface area contributed by atoms with E-state index in [0.29, 0.717) is 12.0 Å². The van der Waals surface area contributed by atoms with E-state index < -0.39 is 0 Å². The number of rotatable bonds is 8. The quantitative estimate of drug-likeness (QED) is 0.768. The molecule has 0 bridgehead atoms. The lowest BCUT2D eigenvalue weighted by atomic mass is 10.00. The molecule has 1 N–H and O–H groups in total. The molecule has 1 rings (SSSR count). The number of hydrogen-bond acceptors (Lipinski definition) is 3. The standard InChI is InChI=1S/C17H29NO2/c1-13(2)12-20-16-9-7-8-15(10-16)18-14(3)11-17(4,5)19-6/h7-10,13-14,18H,11-12H2,1-6H3. The van der Waals surface area contributed by atoms with E-state index in [-0.39, 0.29) is 5.60 Å². The third-order valence-corrected chi connectivity index (χ3v) is 3.18. The van der Waals surface area contributed by atoms with Crippen LogP contribution in [0.4, 0.5) is 5.69 Å². The fraction of sp³-hybridized carbons (Fsp3) is 0.647. The maximum atomic E-state index is 5.75. The molecule has 1 aromatic rings. The summed E-state index contributed by atoms with van der Waals surface area (Å²) in [5.74, 6) is 1.45. The van der Waals surface area contributed by atoms with Crippen LogP contribution >= 0.6 is 0 Å². The second-order valence-electron chi connectivity index (χ2n) is 6.45. The van der Waals surface area contributed by atoms with E-state index in [0.717, 1.165) is 24.5 Å². The maximum absolute atomic E-state index is 5.75. The highest BCUT2D eigenvalue weighted by Crippen LogP contribution is 2.22. The van der Waals surface area contributed by atoms with Gasteiger partial charge >= 0.3 is 0 Å². The van der Waals surface area contributed by atoms with Crippen LogP contribution in [0, 0.1) is 5.92 Å². The lowest BCUT2D eigenvalue weighted by Gasteiger charge is -2.27. The Bertz CT molecular complexity index is 402. The first-order valence-electron chi connectivity index (χ1n) is 7.37. The molecule has 0 aliphatic rings. The monoisotopic (exact) mass is 279 g/mol. The van der Waals surface area contributed by atoms with Crippen molar-refractivity contribution in [3.63, 3.8) is 0 Å². The number of hydrogen-bond donors (Lipinski definition) is 1. The Morgan fingerprint density at radius 3 is 2.50 bits per heavy atom. The van der Waals surface area contributed by atoms with Crippen LogP contribution in [0.25, 0.3) is 0 Å². The molecule has 3 nitrogen and oxygen atoms in total. The van der Waals surface area contributed by atoms with Crippen LogP contribution in [-0.2, 0) is 4.74 Å². The number of methoxy groups -OCH3 is 1. The van der Waals surface area contributed by atoms with Crippen molar-refractivity contribution in [2.75, 3.05) is 19.0 Å². The Balaban J connectivity index is 2.57. The third-order valence-electron chi connectivity index (χ3n) is 3.18. The Morgan fingerprint density at radius 1 is 1.20 bits per heavy atom. The van der Waals surface area contributed by atoms with Gasteiger partial charge in [-0.2, -0.15) is 0 Å². The van der Waals surface area contributed by atoms with Crippen molar-refractivity contribution in [3.05, 3.63) is 24.3 Å². The van der Waals surface area contributed by atoms with E-state index in [1.165, 1.54) is 0 Å². The number of nitrogens with one attached hydrogen (secondary N) is 1. The number of ether oxygens (including phenoxy) is 2. The van der Waals surface area contributed by atoms with E-state index in [2.05, 4.69) is 52.1 Å². The van der Waals surface area contributed by atoms with Crippen molar-refractivity contribution in [2.45, 2.75) is 52.7 Å². The third kappa shape index (κ3) is 6.29. The Hall–Kier alpha value is -1.22. The zero-order chi connectivity index (χ0) is 15.2. The van der Waals surface area contributed by atoms with E-state index in [9.17, 15) is 0 Å². The largest absolute Gasteiger partial charge is 0.493 e. The molecule has 1 atom stereocenters. The second-order valence-corrected chi connectivity index (χ2v) is 6.45. The summed E-state index contributed by atoms with van der Waals surface area (Å²) in [5, 5.41) is 3.50. The Kier molecular flexibility index (Phi) is 6.34. The summed E-state index contributed by atoms with van der Waals surface area (Å²) in [4.78, 5) is 0. The van der Waals surface area contributed by atoms with Gasteiger partial charge in [0.2, 0.25) is 0 Å². The van der Waals surface area contributed by atoms with E-state index in [1.807, 2.05) is 12.1 Å². The van der Waals surface area contributed by atoms with Crippen molar-refractivity contribution in [3.8, 4) is 5.75 Å². The zero-order valence-corrected chi connectivity index (χ0v) is 13.7. The summed E-state index contributed by atoms with van der Waals surface area (Å²) in [6, 6.07) is 8.48. The molecule has 0 radical (unpaired) electrons. The number of anilines is 1. The van der Waals surface area contributed by atoms with E-state index in [4.69, 9.17) is 9.47 Å². The summed E-state index contributed by atoms with van der Waals surface area (Å²) in [6.07, 6.45) is 0.945. The smallest absolute Gasteiger partial charge is 0.121 e. The van der Waals surface area contributed by atoms with Crippen LogP contribution in [0.15, 0.2) is 24.3 Å². The molecular weight excluding hydrogens is 250 g/mol. The lowest BCUT2D eigenvalue weighted by Crippen LogP contribution is -2.31. The zero-order valence-electron chi connectivity index (χ0n) is 13.7. The highest BCUT2D eigenvalue weighted by Gasteiger charge is 2.20. The van der Waals surface area contributed by atoms with Crippen molar-refractivity contribution < 1.29 is 9.47 Å². The minimum atomic E-state index is -0.113. The predicted octanol–water partition coefficient (Wildman–Crippen LogP) is 4.34. The van der Waals surface area contributed by atoms with Crippen molar-refractivity contribution in [1.82, 2.24) is 0 Å². The maximum Gasteiger partial charge on any atom is 0.121 e. The van der Waals surface area contributed by atoms with Crippen molar-refractivity contribution >= 4 is 5.69 Å². The van der Waals surface area contributed by atoms with Gasteiger partial charge in [-0.25, -0.2) is 0 Å². The molecule has 0 heterocycles. The molecule has 1 aromatic carbocycles. The molecule has 0 aromatic heterocycles. The van der Waals surface area contributed by atoms with Gasteiger partial charge in [0.25, 0.3) is 0 Å². The van der Waals surface area contributed by atoms with Crippen LogP contribution in [0.2, 0.25) is 0 Å². The predicted molar refractivity (Wildman–Crippen MR) is 85.6 cm³/mol. The van der Waals surface area contributed by atoms with Crippen LogP contribution in [0.3, 0.4) is 0 Å². The topological polar surface area (TPSA) is 30.5 Å². The summed E-state index contributed by atoms with van der Waals surface area (Å²) in [6.45, 7) is 11.4. The van der Waals surface area contributed by atoms with Gasteiger partial charge in [-0.1, -0.05) is 19.9 Å². The highest BCUT2D eigenvalue weighted by atomic mass is 16.5. The van der Waals surface area contributed by atoms with Crippen LogP contribution in [0.1, 0.15) is 41.0 Å². The molecule has 0 fully saturated rings. The molecule has 0 saturated carbocycles. The van der Waals surface area contributed by atoms with Gasteiger partial charge in [0.1, 0.15) is 5.75 Å². The lowest BCUT2D eigenvalue weighted by molar-refractivity contribution is 0.0128. The van der Waals surface area contributed by atoms with Gasteiger partial charge in [-0.05, 0) is 45.2 Å². The van der Waals surface area contributed by atoms with E-state index in [1.54, 1.807) is 7.11 Å². The van der Waals surface area contributed by atoms with Crippen molar-refractivity contribution in [2.24, 2.45) is 5.92 Å². The number of benzene rings is 1. The highest BCUT2D eigenvalue weighted by molar-refractivity contribution is 5.48. The van der Waals surface area contributed by atoms with Gasteiger partial charge in [-0.15, -0.1) is 0 Å². The molecule has 20 heavy (non-hydrogen) atoms. The molecule has 0 spiro atoms. The summed E-state index contributed by atoms with van der Waals surface area (Å²) < 4.78 is 11.2. The first-order chi connectivity index (χ1) is 9.32. The Labute approximate surface area is 123 Å². The molecule has 1 unspecified atom stereocenters. The van der Waals surface area contributed by atoms with Crippen LogP contribution in [0.5, 0.6) is 5.75 Å². The van der Waals surface area contributed by atoms with Crippen LogP contribution in [-0.4, -0.2) is 25.4 Å². The van der Waals surface area contributed by atoms with Crippen molar-refractivity contribution in [1.29, 1.82) is 0 Å². The Morgan fingerprint density at radius 2 is 1.90 bits per heavy atom. The molecular formula is C17H29NO2.